The van der Waals surface area contributed by atoms with Gasteiger partial charge in [-0.15, -0.1) is 0 Å². The van der Waals surface area contributed by atoms with E-state index >= 15 is 0 Å². The molecule has 10 nitrogen and oxygen atoms in total. The molecule has 3 aliphatic rings. The van der Waals surface area contributed by atoms with Gasteiger partial charge in [0.25, 0.3) is 0 Å². The van der Waals surface area contributed by atoms with E-state index in [1.807, 2.05) is 48.5 Å². The Bertz CT molecular complexity index is 1710. The fourth-order valence-electron chi connectivity index (χ4n) is 6.01. The van der Waals surface area contributed by atoms with Crippen LogP contribution in [0.25, 0.3) is 11.1 Å². The van der Waals surface area contributed by atoms with Crippen LogP contribution in [0.15, 0.2) is 66.7 Å². The number of hydrogen-bond acceptors (Lipinski definition) is 6. The maximum Gasteiger partial charge on any atom is 0.416 e. The molecule has 0 aromatic heterocycles. The Morgan fingerprint density at radius 3 is 2.35 bits per heavy atom. The van der Waals surface area contributed by atoms with Crippen molar-refractivity contribution in [3.05, 3.63) is 89.0 Å². The van der Waals surface area contributed by atoms with E-state index in [0.29, 0.717) is 11.3 Å². The van der Waals surface area contributed by atoms with Gasteiger partial charge in [-0.1, -0.05) is 48.5 Å². The monoisotopic (exact) mass is 679 g/mol. The molecule has 0 saturated carbocycles. The minimum atomic E-state index is -4.55. The number of aryl methyl sites for hydroxylation is 1. The van der Waals surface area contributed by atoms with Crippen LogP contribution in [-0.2, 0) is 44.8 Å². The van der Waals surface area contributed by atoms with Gasteiger partial charge >= 0.3 is 18.2 Å². The first-order valence-electron chi connectivity index (χ1n) is 16.1. The quantitative estimate of drug-likeness (QED) is 0.199. The predicted molar refractivity (Wildman–Crippen MR) is 177 cm³/mol. The van der Waals surface area contributed by atoms with E-state index in [1.54, 1.807) is 20.8 Å². The van der Waals surface area contributed by atoms with Crippen molar-refractivity contribution in [2.45, 2.75) is 77.0 Å². The molecule has 0 unspecified atom stereocenters. The number of rotatable bonds is 0. The third-order valence-electron chi connectivity index (χ3n) is 8.56. The highest BCUT2D eigenvalue weighted by molar-refractivity contribution is 6.00. The van der Waals surface area contributed by atoms with Crippen molar-refractivity contribution in [3.63, 3.8) is 0 Å². The summed E-state index contributed by atoms with van der Waals surface area (Å²) in [5.74, 6) is -1.48. The summed E-state index contributed by atoms with van der Waals surface area (Å²) in [5.41, 5.74) is 2.39. The maximum absolute atomic E-state index is 14.1. The Labute approximate surface area is 282 Å². The highest BCUT2D eigenvalue weighted by atomic mass is 19.4. The summed E-state index contributed by atoms with van der Waals surface area (Å²) in [6.07, 6.45) is -4.90. The van der Waals surface area contributed by atoms with Crippen molar-refractivity contribution >= 4 is 29.5 Å². The molecule has 49 heavy (non-hydrogen) atoms. The lowest BCUT2D eigenvalue weighted by Crippen LogP contribution is -2.51. The largest absolute Gasteiger partial charge is 0.460 e. The van der Waals surface area contributed by atoms with Gasteiger partial charge in [-0.25, -0.2) is 4.79 Å². The third-order valence-corrected chi connectivity index (χ3v) is 8.56. The molecule has 3 aromatic rings. The highest BCUT2D eigenvalue weighted by Crippen LogP contribution is 2.36. The van der Waals surface area contributed by atoms with Crippen LogP contribution in [0, 0.1) is 0 Å². The zero-order valence-corrected chi connectivity index (χ0v) is 27.6. The van der Waals surface area contributed by atoms with Crippen molar-refractivity contribution in [2.75, 3.05) is 18.0 Å². The first-order valence-corrected chi connectivity index (χ1v) is 16.1. The molecule has 2 atom stereocenters. The maximum atomic E-state index is 14.1. The van der Waals surface area contributed by atoms with Gasteiger partial charge in [0, 0.05) is 30.7 Å². The molecule has 0 fully saturated rings. The van der Waals surface area contributed by atoms with Gasteiger partial charge in [-0.2, -0.15) is 13.2 Å². The average Bonchev–Trinajstić information content (AvgIpc) is 3.17. The molecule has 3 heterocycles. The van der Waals surface area contributed by atoms with Crippen LogP contribution < -0.4 is 26.2 Å². The molecule has 4 bridgehead atoms. The van der Waals surface area contributed by atoms with Gasteiger partial charge in [0.1, 0.15) is 18.7 Å². The van der Waals surface area contributed by atoms with Crippen molar-refractivity contribution in [3.8, 4) is 11.1 Å². The van der Waals surface area contributed by atoms with E-state index < -0.39 is 53.2 Å². The van der Waals surface area contributed by atoms with E-state index in [2.05, 4.69) is 21.3 Å². The number of halogens is 3. The van der Waals surface area contributed by atoms with Crippen LogP contribution in [0.4, 0.5) is 23.7 Å². The van der Waals surface area contributed by atoms with Crippen molar-refractivity contribution in [1.82, 2.24) is 21.3 Å². The number of nitrogens with one attached hydrogen (secondary N) is 4. The second-order valence-electron chi connectivity index (χ2n) is 13.1. The summed E-state index contributed by atoms with van der Waals surface area (Å²) in [7, 11) is 0. The fourth-order valence-corrected chi connectivity index (χ4v) is 6.01. The van der Waals surface area contributed by atoms with E-state index in [1.165, 1.54) is 11.0 Å². The summed E-state index contributed by atoms with van der Waals surface area (Å²) in [6.45, 7) is 5.37. The minimum Gasteiger partial charge on any atom is -0.460 e. The molecular weight excluding hydrogens is 639 g/mol. The third kappa shape index (κ3) is 9.17. The molecule has 260 valence electrons. The van der Waals surface area contributed by atoms with E-state index in [4.69, 9.17) is 4.74 Å². The molecule has 4 amide bonds. The molecule has 6 rings (SSSR count). The number of alkyl halides is 3. The summed E-state index contributed by atoms with van der Waals surface area (Å²) in [5, 5.41) is 11.3. The highest BCUT2D eigenvalue weighted by Gasteiger charge is 2.36. The molecule has 0 radical (unpaired) electrons. The number of esters is 1. The van der Waals surface area contributed by atoms with Gasteiger partial charge < -0.3 is 30.9 Å². The minimum absolute atomic E-state index is 0.0344. The number of urea groups is 1. The van der Waals surface area contributed by atoms with Gasteiger partial charge in [0.05, 0.1) is 12.1 Å². The molecule has 4 N–H and O–H groups in total. The van der Waals surface area contributed by atoms with Crippen molar-refractivity contribution in [1.29, 1.82) is 0 Å². The zero-order chi connectivity index (χ0) is 35.3. The number of ether oxygens (including phenoxy) is 1. The summed E-state index contributed by atoms with van der Waals surface area (Å²) in [4.78, 5) is 53.7. The van der Waals surface area contributed by atoms with Crippen LogP contribution in [0.5, 0.6) is 0 Å². The normalized spacial score (nSPS) is 21.1. The SMILES string of the molecule is C[C@@H]1CNC(C)(C)CC(=O)N[C@@H]2CCc3cc(C(F)(F)F)ccc3N(Cc3ccc(cc3)-c3ccccc3CNC(=O)NCC(=O)O1)C2=O. The first kappa shape index (κ1) is 35.4. The summed E-state index contributed by atoms with van der Waals surface area (Å²) in [6, 6.07) is 16.7. The molecule has 0 saturated heterocycles. The van der Waals surface area contributed by atoms with Crippen LogP contribution >= 0.6 is 0 Å². The number of nitrogens with zero attached hydrogens (tertiary/aromatic N) is 1. The van der Waals surface area contributed by atoms with Gasteiger partial charge in [-0.3, -0.25) is 14.4 Å². The lowest BCUT2D eigenvalue weighted by Gasteiger charge is -2.30. The van der Waals surface area contributed by atoms with E-state index in [9.17, 15) is 32.3 Å². The second-order valence-corrected chi connectivity index (χ2v) is 13.1. The topological polar surface area (TPSA) is 129 Å². The number of anilines is 1. The molecule has 0 aliphatic carbocycles. The second kappa shape index (κ2) is 14.7. The van der Waals surface area contributed by atoms with Gasteiger partial charge in [-0.05, 0) is 79.6 Å². The number of amides is 4. The Morgan fingerprint density at radius 2 is 1.61 bits per heavy atom. The summed E-state index contributed by atoms with van der Waals surface area (Å²) >= 11 is 0. The van der Waals surface area contributed by atoms with Crippen LogP contribution in [0.1, 0.15) is 55.9 Å². The number of hydrogen-bond donors (Lipinski definition) is 4. The number of fused-ring (bicyclic) bond motifs is 16. The van der Waals surface area contributed by atoms with Gasteiger partial charge in [0.15, 0.2) is 0 Å². The Morgan fingerprint density at radius 1 is 0.898 bits per heavy atom. The molecule has 3 aliphatic heterocycles. The van der Waals surface area contributed by atoms with Crippen molar-refractivity contribution < 1.29 is 37.1 Å². The van der Waals surface area contributed by atoms with Gasteiger partial charge in [0.2, 0.25) is 11.8 Å². The van der Waals surface area contributed by atoms with Crippen LogP contribution in [0.3, 0.4) is 0 Å². The smallest absolute Gasteiger partial charge is 0.416 e. The summed E-state index contributed by atoms with van der Waals surface area (Å²) < 4.78 is 46.4. The van der Waals surface area contributed by atoms with E-state index in [-0.39, 0.29) is 45.4 Å². The fraction of sp³-hybridized carbons (Fsp3) is 0.389. The Kier molecular flexibility index (Phi) is 10.6. The first-order chi connectivity index (χ1) is 23.2. The molecular formula is C36H40F3N5O5. The Balaban J connectivity index is 1.48. The molecule has 13 heteroatoms. The molecule has 0 spiro atoms. The van der Waals surface area contributed by atoms with E-state index in [0.717, 1.165) is 34.4 Å². The standard InChI is InChI=1S/C36H40F3N5O5/c1-22-18-42-35(2,3)17-31(45)43-29-14-12-25-16-27(36(37,38)39)13-15-30(25)44(33(29)47)21-23-8-10-24(11-9-23)28-7-5-4-6-26(28)19-40-34(48)41-20-32(46)49-22/h4-11,13,15-16,22,29,42H,12,14,17-21H2,1-3H3,(H,43,45)(H2,40,41,48)/t22-,29-/m1/s1. The lowest BCUT2D eigenvalue weighted by atomic mass is 9.98. The average molecular weight is 680 g/mol. The van der Waals surface area contributed by atoms with Crippen LogP contribution in [0.2, 0.25) is 0 Å². The van der Waals surface area contributed by atoms with Crippen LogP contribution in [-0.4, -0.2) is 54.6 Å². The number of carbonyl (C=O) groups excluding carboxylic acids is 4. The zero-order valence-electron chi connectivity index (χ0n) is 27.6. The molecule has 3 aromatic carbocycles. The predicted octanol–water partition coefficient (Wildman–Crippen LogP) is 4.84. The number of carbonyl (C=O) groups is 4. The lowest BCUT2D eigenvalue weighted by molar-refractivity contribution is -0.147. The number of benzene rings is 3. The van der Waals surface area contributed by atoms with Crippen molar-refractivity contribution in [2.24, 2.45) is 0 Å². The Hall–Kier alpha value is -4.91.